The number of hydrogen-bond donors (Lipinski definition) is 0. The SMILES string of the molecule is Cc1ccc(N2C[C@H](C(=O)Oc3cccc(N4C(=O)[C@H]5C6c7ccccc7C(c7ccccc76)[C@@H]5C4=O)c3)CC2=O)cc1C. The fourth-order valence-corrected chi connectivity index (χ4v) is 7.83. The van der Waals surface area contributed by atoms with Gasteiger partial charge >= 0.3 is 5.97 Å². The van der Waals surface area contributed by atoms with Crippen LogP contribution in [0.2, 0.25) is 0 Å². The first-order valence-electron chi connectivity index (χ1n) is 15.1. The maximum absolute atomic E-state index is 14.1. The number of ether oxygens (including phenoxy) is 1. The average Bonchev–Trinajstić information content (AvgIpc) is 3.55. The second kappa shape index (κ2) is 9.74. The van der Waals surface area contributed by atoms with Gasteiger partial charge in [-0.1, -0.05) is 60.7 Å². The van der Waals surface area contributed by atoms with Gasteiger partial charge in [0.1, 0.15) is 5.75 Å². The highest BCUT2D eigenvalue weighted by atomic mass is 16.5. The first-order chi connectivity index (χ1) is 21.3. The summed E-state index contributed by atoms with van der Waals surface area (Å²) in [5, 5.41) is 0. The Balaban J connectivity index is 1.05. The smallest absolute Gasteiger partial charge is 0.316 e. The Morgan fingerprint density at radius 1 is 0.682 bits per heavy atom. The van der Waals surface area contributed by atoms with Crippen LogP contribution in [0.3, 0.4) is 0 Å². The van der Waals surface area contributed by atoms with Gasteiger partial charge in [0.05, 0.1) is 23.4 Å². The molecule has 0 N–H and O–H groups in total. The normalized spacial score (nSPS) is 24.8. The van der Waals surface area contributed by atoms with Crippen LogP contribution >= 0.6 is 0 Å². The first kappa shape index (κ1) is 26.6. The molecule has 2 bridgehead atoms. The van der Waals surface area contributed by atoms with E-state index in [1.165, 1.54) is 4.90 Å². The van der Waals surface area contributed by atoms with Crippen molar-refractivity contribution >= 4 is 35.1 Å². The molecule has 2 aliphatic heterocycles. The number of rotatable bonds is 4. The second-order valence-electron chi connectivity index (χ2n) is 12.4. The van der Waals surface area contributed by atoms with E-state index >= 15 is 0 Å². The van der Waals surface area contributed by atoms with E-state index in [0.717, 1.165) is 39.1 Å². The van der Waals surface area contributed by atoms with E-state index in [4.69, 9.17) is 4.74 Å². The lowest BCUT2D eigenvalue weighted by molar-refractivity contribution is -0.139. The quantitative estimate of drug-likeness (QED) is 0.176. The lowest BCUT2D eigenvalue weighted by atomic mass is 9.55. The van der Waals surface area contributed by atoms with E-state index in [9.17, 15) is 19.2 Å². The predicted molar refractivity (Wildman–Crippen MR) is 164 cm³/mol. The molecule has 0 saturated carbocycles. The molecule has 2 saturated heterocycles. The number of carbonyl (C=O) groups is 4. The summed E-state index contributed by atoms with van der Waals surface area (Å²) in [4.78, 5) is 57.2. The topological polar surface area (TPSA) is 84.0 Å². The van der Waals surface area contributed by atoms with Gasteiger partial charge in [0, 0.05) is 36.6 Å². The molecular formula is C37H30N2O5. The fourth-order valence-electron chi connectivity index (χ4n) is 7.83. The molecule has 7 heteroatoms. The van der Waals surface area contributed by atoms with Crippen LogP contribution in [0.5, 0.6) is 5.75 Å². The molecule has 0 radical (unpaired) electrons. The maximum atomic E-state index is 14.1. The minimum absolute atomic E-state index is 0.0573. The Labute approximate surface area is 255 Å². The third-order valence-corrected chi connectivity index (χ3v) is 10.0. The number of amides is 3. The number of anilines is 2. The largest absolute Gasteiger partial charge is 0.426 e. The third kappa shape index (κ3) is 3.81. The van der Waals surface area contributed by atoms with E-state index in [2.05, 4.69) is 24.3 Å². The van der Waals surface area contributed by atoms with Crippen LogP contribution in [0.15, 0.2) is 91.0 Å². The standard InChI is InChI=1S/C37H30N2O5/c1-20-14-15-23(16-21(20)2)38-19-22(17-30(38)40)37(43)44-25-9-7-8-24(18-25)39-35(41)33-31-26-10-3-4-11-27(26)32(34(33)36(39)42)29-13-6-5-12-28(29)31/h3-16,18,22,31-34H,17,19H2,1-2H3/t22-,31?,32?,33+,34+/m1/s1. The van der Waals surface area contributed by atoms with Crippen molar-refractivity contribution in [1.82, 2.24) is 0 Å². The van der Waals surface area contributed by atoms with Crippen molar-refractivity contribution in [1.29, 1.82) is 0 Å². The van der Waals surface area contributed by atoms with Crippen LogP contribution < -0.4 is 14.5 Å². The third-order valence-electron chi connectivity index (χ3n) is 10.0. The molecular weight excluding hydrogens is 552 g/mol. The van der Waals surface area contributed by atoms with Gasteiger partial charge < -0.3 is 9.64 Å². The molecule has 9 rings (SSSR count). The zero-order valence-electron chi connectivity index (χ0n) is 24.4. The Hall–Kier alpha value is -5.04. The number of carbonyl (C=O) groups excluding carboxylic acids is 4. The molecule has 2 fully saturated rings. The Morgan fingerprint density at radius 2 is 1.27 bits per heavy atom. The molecule has 0 unspecified atom stereocenters. The lowest BCUT2D eigenvalue weighted by Crippen LogP contribution is -2.41. The van der Waals surface area contributed by atoms with Gasteiger partial charge in [0.25, 0.3) is 0 Å². The Kier molecular flexibility index (Phi) is 5.88. The van der Waals surface area contributed by atoms with Gasteiger partial charge in [-0.2, -0.15) is 0 Å². The number of imide groups is 1. The maximum Gasteiger partial charge on any atom is 0.316 e. The van der Waals surface area contributed by atoms with Crippen LogP contribution in [-0.4, -0.2) is 30.2 Å². The van der Waals surface area contributed by atoms with Crippen LogP contribution in [0, 0.1) is 31.6 Å². The Morgan fingerprint density at radius 3 is 1.84 bits per heavy atom. The van der Waals surface area contributed by atoms with Crippen molar-refractivity contribution in [3.63, 3.8) is 0 Å². The second-order valence-corrected chi connectivity index (χ2v) is 12.4. The molecule has 218 valence electrons. The van der Waals surface area contributed by atoms with Gasteiger partial charge in [0.2, 0.25) is 17.7 Å². The van der Waals surface area contributed by atoms with Crippen molar-refractivity contribution in [3.05, 3.63) is 124 Å². The van der Waals surface area contributed by atoms with Crippen molar-refractivity contribution in [2.24, 2.45) is 17.8 Å². The monoisotopic (exact) mass is 582 g/mol. The minimum atomic E-state index is -0.627. The molecule has 7 nitrogen and oxygen atoms in total. The van der Waals surface area contributed by atoms with Crippen LogP contribution in [0.1, 0.15) is 51.6 Å². The van der Waals surface area contributed by atoms with E-state index in [1.54, 1.807) is 29.2 Å². The molecule has 3 atom stereocenters. The van der Waals surface area contributed by atoms with E-state index in [-0.39, 0.29) is 48.3 Å². The van der Waals surface area contributed by atoms with Gasteiger partial charge in [-0.05, 0) is 71.5 Å². The van der Waals surface area contributed by atoms with Crippen molar-refractivity contribution in [3.8, 4) is 5.75 Å². The van der Waals surface area contributed by atoms with E-state index < -0.39 is 23.7 Å². The summed E-state index contributed by atoms with van der Waals surface area (Å²) in [6.07, 6.45) is 0.0573. The molecule has 4 aromatic carbocycles. The number of hydrogen-bond acceptors (Lipinski definition) is 5. The summed E-state index contributed by atoms with van der Waals surface area (Å²) >= 11 is 0. The highest BCUT2D eigenvalue weighted by Crippen LogP contribution is 2.61. The molecule has 4 aromatic rings. The average molecular weight is 583 g/mol. The summed E-state index contributed by atoms with van der Waals surface area (Å²) in [7, 11) is 0. The highest BCUT2D eigenvalue weighted by Gasteiger charge is 2.61. The van der Waals surface area contributed by atoms with Crippen molar-refractivity contribution < 1.29 is 23.9 Å². The zero-order chi connectivity index (χ0) is 30.3. The van der Waals surface area contributed by atoms with Gasteiger partial charge in [-0.3, -0.25) is 19.2 Å². The van der Waals surface area contributed by atoms with E-state index in [0.29, 0.717) is 5.69 Å². The predicted octanol–water partition coefficient (Wildman–Crippen LogP) is 5.66. The van der Waals surface area contributed by atoms with Crippen molar-refractivity contribution in [2.45, 2.75) is 32.1 Å². The minimum Gasteiger partial charge on any atom is -0.426 e. The number of benzene rings is 4. The van der Waals surface area contributed by atoms with E-state index in [1.807, 2.05) is 56.3 Å². The molecule has 44 heavy (non-hydrogen) atoms. The fraction of sp³-hybridized carbons (Fsp3) is 0.243. The molecule has 5 aliphatic rings. The lowest BCUT2D eigenvalue weighted by Gasteiger charge is -2.45. The molecule has 0 spiro atoms. The van der Waals surface area contributed by atoms with Gasteiger partial charge in [-0.25, -0.2) is 4.90 Å². The summed E-state index contributed by atoms with van der Waals surface area (Å²) < 4.78 is 5.75. The number of aryl methyl sites for hydroxylation is 2. The van der Waals surface area contributed by atoms with Crippen molar-refractivity contribution in [2.75, 3.05) is 16.3 Å². The van der Waals surface area contributed by atoms with Crippen LogP contribution in [0.4, 0.5) is 11.4 Å². The molecule has 3 aliphatic carbocycles. The number of esters is 1. The molecule has 3 amide bonds. The summed E-state index contributed by atoms with van der Waals surface area (Å²) in [6, 6.07) is 28.7. The Bertz CT molecular complexity index is 1800. The highest BCUT2D eigenvalue weighted by molar-refractivity contribution is 6.23. The summed E-state index contributed by atoms with van der Waals surface area (Å²) in [5.41, 5.74) is 7.81. The molecule has 0 aromatic heterocycles. The van der Waals surface area contributed by atoms with Gasteiger partial charge in [-0.15, -0.1) is 0 Å². The van der Waals surface area contributed by atoms with Crippen LogP contribution in [-0.2, 0) is 19.2 Å². The van der Waals surface area contributed by atoms with Crippen LogP contribution in [0.25, 0.3) is 0 Å². The molecule has 2 heterocycles. The number of nitrogens with zero attached hydrogens (tertiary/aromatic N) is 2. The van der Waals surface area contributed by atoms with Gasteiger partial charge in [0.15, 0.2) is 0 Å². The first-order valence-corrected chi connectivity index (χ1v) is 15.1. The summed E-state index contributed by atoms with van der Waals surface area (Å²) in [5.74, 6) is -2.88. The zero-order valence-corrected chi connectivity index (χ0v) is 24.4. The summed E-state index contributed by atoms with van der Waals surface area (Å²) in [6.45, 7) is 4.24.